The minimum absolute atomic E-state index is 1.31. The number of hydrogen-bond donors (Lipinski definition) is 0. The number of rotatable bonds is 10. The van der Waals surface area contributed by atoms with Crippen LogP contribution in [-0.4, -0.2) is 88.0 Å². The fourth-order valence-electron chi connectivity index (χ4n) is 4.85. The Balaban J connectivity index is 1.84. The van der Waals surface area contributed by atoms with Gasteiger partial charge in [0.25, 0.3) is 0 Å². The van der Waals surface area contributed by atoms with Crippen molar-refractivity contribution in [3.63, 3.8) is 0 Å². The van der Waals surface area contributed by atoms with Crippen molar-refractivity contribution in [2.24, 2.45) is 0 Å². The molecule has 5 fully saturated rings. The first kappa shape index (κ1) is 33.9. The van der Waals surface area contributed by atoms with Gasteiger partial charge in [-0.25, -0.2) is 0 Å². The fourth-order valence-corrected chi connectivity index (χ4v) is 54.9. The molecule has 5 aliphatic heterocycles. The molecule has 45 heavy (non-hydrogen) atoms. The molecule has 0 radical (unpaired) electrons. The summed E-state index contributed by atoms with van der Waals surface area (Å²) in [5.74, 6) is 0. The average molecular weight is 791 g/mol. The highest BCUT2D eigenvalue weighted by Gasteiger charge is 2.82. The largest absolute Gasteiger partial charge is 0.507 e. The van der Waals surface area contributed by atoms with E-state index in [1.54, 1.807) is 0 Å². The van der Waals surface area contributed by atoms with Gasteiger partial charge in [-0.3, -0.25) is 0 Å². The molecule has 0 aromatic carbocycles. The van der Waals surface area contributed by atoms with E-state index >= 15 is 0 Å². The first-order chi connectivity index (χ1) is 21.2. The molecular weight excluding hydrogens is 761 g/mol. The Morgan fingerprint density at radius 2 is 0.244 bits per heavy atom. The third kappa shape index (κ3) is 5.10. The van der Waals surface area contributed by atoms with Crippen LogP contribution in [0.4, 0.5) is 0 Å². The van der Waals surface area contributed by atoms with Crippen LogP contribution in [0.1, 0.15) is 0 Å². The molecule has 25 heteroatoms. The Hall–Kier alpha value is -1.03. The van der Waals surface area contributed by atoms with E-state index in [2.05, 4.69) is 65.8 Å². The maximum Gasteiger partial charge on any atom is 0.507 e. The Bertz CT molecular complexity index is 1080. The molecule has 5 heterocycles. The van der Waals surface area contributed by atoms with Gasteiger partial charge in [-0.1, -0.05) is 0 Å². The van der Waals surface area contributed by atoms with Gasteiger partial charge in [0.05, 0.1) is 0 Å². The molecule has 10 bridgehead atoms. The molecule has 0 spiro atoms. The van der Waals surface area contributed by atoms with Crippen LogP contribution in [0.2, 0.25) is 0 Å². The Morgan fingerprint density at radius 3 is 0.289 bits per heavy atom. The summed E-state index contributed by atoms with van der Waals surface area (Å²) in [6.07, 6.45) is 0. The topological polar surface area (TPSA) is 138 Å². The summed E-state index contributed by atoms with van der Waals surface area (Å²) in [6.45, 7) is 39.7. The maximum absolute atomic E-state index is 6.76. The highest BCUT2D eigenvalue weighted by molar-refractivity contribution is 7.08. The van der Waals surface area contributed by atoms with Crippen LogP contribution in [0, 0.1) is 0 Å². The van der Waals surface area contributed by atoms with Crippen LogP contribution in [0.25, 0.3) is 0 Å². The van der Waals surface area contributed by atoms with E-state index in [-0.39, 0.29) is 0 Å². The minimum atomic E-state index is -4.43. The van der Waals surface area contributed by atoms with Crippen molar-refractivity contribution in [1.82, 2.24) is 0 Å². The SMILES string of the molecule is C=C[Si]12O[Si]3(C=C)O[Si]4(C=C)O[Si](C=C)(O1)O[Si]1(C=C)O[Si](C=C)(O4)O[Si]4(C=C)O[Si](C=C)(O[Si](C=C)(O[Si](C=C)(O3)O4)O2)O1. The second-order valence-electron chi connectivity index (χ2n) is 9.61. The second kappa shape index (κ2) is 10.7. The van der Waals surface area contributed by atoms with E-state index in [4.69, 9.17) is 61.7 Å². The van der Waals surface area contributed by atoms with Gasteiger partial charge in [0.2, 0.25) is 0 Å². The zero-order valence-electron chi connectivity index (χ0n) is 24.0. The molecule has 240 valence electrons. The van der Waals surface area contributed by atoms with E-state index in [1.165, 1.54) is 57.0 Å². The molecule has 0 aromatic heterocycles. The van der Waals surface area contributed by atoms with Gasteiger partial charge in [-0.2, -0.15) is 0 Å². The van der Waals surface area contributed by atoms with Gasteiger partial charge < -0.3 is 61.7 Å². The Kier molecular flexibility index (Phi) is 8.08. The van der Waals surface area contributed by atoms with Crippen molar-refractivity contribution in [2.75, 3.05) is 0 Å². The van der Waals surface area contributed by atoms with Crippen molar-refractivity contribution in [3.05, 3.63) is 123 Å². The van der Waals surface area contributed by atoms with Gasteiger partial charge in [0, 0.05) is 0 Å². The van der Waals surface area contributed by atoms with Crippen LogP contribution in [0.3, 0.4) is 0 Å². The van der Waals surface area contributed by atoms with Crippen LogP contribution in [-0.2, 0) is 61.7 Å². The summed E-state index contributed by atoms with van der Waals surface area (Å²) in [5.41, 5.74) is 13.1. The van der Waals surface area contributed by atoms with E-state index in [9.17, 15) is 0 Å². The third-order valence-corrected chi connectivity index (χ3v) is 45.9. The zero-order valence-corrected chi connectivity index (χ0v) is 34.0. The van der Waals surface area contributed by atoms with Crippen LogP contribution >= 0.6 is 0 Å². The van der Waals surface area contributed by atoms with E-state index < -0.39 is 88.0 Å². The fraction of sp³-hybridized carbons (Fsp3) is 0. The van der Waals surface area contributed by atoms with Crippen molar-refractivity contribution < 1.29 is 61.7 Å². The Morgan fingerprint density at radius 1 is 0.178 bits per heavy atom. The molecule has 5 rings (SSSR count). The van der Waals surface area contributed by atoms with Crippen LogP contribution in [0.15, 0.2) is 123 Å². The summed E-state index contributed by atoms with van der Waals surface area (Å²) in [6, 6.07) is 0. The molecule has 0 N–H and O–H groups in total. The number of hydrogen-bond acceptors (Lipinski definition) is 15. The predicted molar refractivity (Wildman–Crippen MR) is 176 cm³/mol. The molecule has 5 saturated heterocycles. The Labute approximate surface area is 271 Å². The van der Waals surface area contributed by atoms with Gasteiger partial charge in [0.15, 0.2) is 0 Å². The summed E-state index contributed by atoms with van der Waals surface area (Å²) in [5, 5.41) is 0. The lowest BCUT2D eigenvalue weighted by Gasteiger charge is -2.60. The standard InChI is InChI=1S/C20H30O15Si10/c1-11-36-21-37(12-2)28-40(15-5)22-38(13-3,26-36)30-42(17-7)24-44(19-9,32-40)35-45(20-10)25-43(18-8,34-42)31-39(14-4,27-36)23-41(16-6,29-37)33-45/h11-20H,1-10H2. The molecule has 0 unspecified atom stereocenters. The lowest BCUT2D eigenvalue weighted by molar-refractivity contribution is -0.00458. The van der Waals surface area contributed by atoms with Crippen molar-refractivity contribution >= 4 is 88.0 Å². The van der Waals surface area contributed by atoms with Crippen molar-refractivity contribution in [2.45, 2.75) is 0 Å². The normalized spacial score (nSPS) is 52.9. The van der Waals surface area contributed by atoms with Crippen LogP contribution < -0.4 is 0 Å². The smallest absolute Gasteiger partial charge is 0.367 e. The van der Waals surface area contributed by atoms with Gasteiger partial charge in [0.1, 0.15) is 0 Å². The van der Waals surface area contributed by atoms with E-state index in [0.29, 0.717) is 0 Å². The monoisotopic (exact) mass is 790 g/mol. The third-order valence-electron chi connectivity index (χ3n) is 6.77. The minimum Gasteiger partial charge on any atom is -0.367 e. The van der Waals surface area contributed by atoms with Crippen molar-refractivity contribution in [3.8, 4) is 0 Å². The molecule has 0 aliphatic carbocycles. The molecule has 5 aliphatic rings. The van der Waals surface area contributed by atoms with Gasteiger partial charge in [-0.05, 0) is 57.0 Å². The highest BCUT2D eigenvalue weighted by atomic mass is 28.6. The lowest BCUT2D eigenvalue weighted by Crippen LogP contribution is -2.87. The highest BCUT2D eigenvalue weighted by Crippen LogP contribution is 2.50. The first-order valence-corrected chi connectivity index (χ1v) is 31.1. The van der Waals surface area contributed by atoms with Gasteiger partial charge in [-0.15, -0.1) is 65.8 Å². The maximum atomic E-state index is 6.76. The molecule has 0 atom stereocenters. The average Bonchev–Trinajstić information content (AvgIpc) is 3.00. The van der Waals surface area contributed by atoms with E-state index in [0.717, 1.165) is 0 Å². The lowest BCUT2D eigenvalue weighted by atomic mass is 11.3. The van der Waals surface area contributed by atoms with Crippen molar-refractivity contribution in [1.29, 1.82) is 0 Å². The molecule has 0 aromatic rings. The van der Waals surface area contributed by atoms with Crippen LogP contribution in [0.5, 0.6) is 0 Å². The molecular formula is C20H30O15Si10. The summed E-state index contributed by atoms with van der Waals surface area (Å²) >= 11 is 0. The van der Waals surface area contributed by atoms with E-state index in [1.807, 2.05) is 0 Å². The summed E-state index contributed by atoms with van der Waals surface area (Å²) in [4.78, 5) is 0. The number of fused-ring (bicyclic) bond motifs is 10. The zero-order chi connectivity index (χ0) is 32.7. The molecule has 0 saturated carbocycles. The first-order valence-electron chi connectivity index (χ1n) is 13.1. The second-order valence-corrected chi connectivity index (χ2v) is 38.0. The summed E-state index contributed by atoms with van der Waals surface area (Å²) < 4.78 is 101. The quantitative estimate of drug-likeness (QED) is 0.298. The summed E-state index contributed by atoms with van der Waals surface area (Å²) in [7, 11) is -44.3. The van der Waals surface area contributed by atoms with Gasteiger partial charge >= 0.3 is 88.0 Å². The molecule has 0 amide bonds. The molecule has 15 nitrogen and oxygen atoms in total. The predicted octanol–water partition coefficient (Wildman–Crippen LogP) is 1.96.